The predicted molar refractivity (Wildman–Crippen MR) is 188 cm³/mol. The van der Waals surface area contributed by atoms with Gasteiger partial charge in [-0.25, -0.2) is 9.18 Å². The van der Waals surface area contributed by atoms with Crippen LogP contribution in [0.25, 0.3) is 0 Å². The van der Waals surface area contributed by atoms with E-state index < -0.39 is 5.82 Å². The number of anilines is 2. The SMILES string of the molecule is CC(C)n1nc(C(=O)NCc2ccc(NC(=O)N3CCC4(CCN(C)CC4)C3)c(F)c2)c2c1[C@@H](C)CN(c1ccc(C(=O)N(C)C)cc1)C2. The molecule has 1 spiro atoms. The van der Waals surface area contributed by atoms with E-state index in [2.05, 4.69) is 34.4 Å². The Morgan fingerprint density at radius 1 is 1.04 bits per heavy atom. The van der Waals surface area contributed by atoms with Gasteiger partial charge in [0, 0.05) is 81.3 Å². The van der Waals surface area contributed by atoms with Crippen molar-refractivity contribution < 1.29 is 18.8 Å². The largest absolute Gasteiger partial charge is 0.366 e. The summed E-state index contributed by atoms with van der Waals surface area (Å²) in [5.41, 5.74) is 4.73. The molecule has 262 valence electrons. The minimum absolute atomic E-state index is 0.0554. The Kier molecular flexibility index (Phi) is 9.70. The van der Waals surface area contributed by atoms with Crippen LogP contribution in [0.2, 0.25) is 0 Å². The third-order valence-corrected chi connectivity index (χ3v) is 10.5. The number of rotatable bonds is 7. The van der Waals surface area contributed by atoms with Crippen molar-refractivity contribution in [2.75, 3.05) is 64.1 Å². The molecule has 11 nitrogen and oxygen atoms in total. The highest BCUT2D eigenvalue weighted by Crippen LogP contribution is 2.40. The molecule has 12 heteroatoms. The van der Waals surface area contributed by atoms with Crippen LogP contribution in [-0.2, 0) is 13.1 Å². The Labute approximate surface area is 288 Å². The number of benzene rings is 2. The van der Waals surface area contributed by atoms with E-state index in [1.165, 1.54) is 6.07 Å². The van der Waals surface area contributed by atoms with Crippen LogP contribution >= 0.6 is 0 Å². The van der Waals surface area contributed by atoms with Crippen LogP contribution in [0.5, 0.6) is 0 Å². The number of aromatic nitrogens is 2. The first-order valence-corrected chi connectivity index (χ1v) is 17.3. The van der Waals surface area contributed by atoms with Crippen LogP contribution in [0.1, 0.15) is 89.7 Å². The Hall–Kier alpha value is -4.45. The van der Waals surface area contributed by atoms with Crippen molar-refractivity contribution in [2.24, 2.45) is 5.41 Å². The summed E-state index contributed by atoms with van der Waals surface area (Å²) < 4.78 is 17.2. The quantitative estimate of drug-likeness (QED) is 0.353. The highest BCUT2D eigenvalue weighted by molar-refractivity contribution is 5.95. The second-order valence-electron chi connectivity index (χ2n) is 14.7. The predicted octanol–water partition coefficient (Wildman–Crippen LogP) is 5.31. The second-order valence-corrected chi connectivity index (χ2v) is 14.7. The molecule has 49 heavy (non-hydrogen) atoms. The molecule has 0 aliphatic carbocycles. The molecule has 0 radical (unpaired) electrons. The molecular formula is C37H49FN8O3. The lowest BCUT2D eigenvalue weighted by Gasteiger charge is -2.37. The summed E-state index contributed by atoms with van der Waals surface area (Å²) >= 11 is 0. The maximum atomic E-state index is 15.2. The Bertz CT molecular complexity index is 1710. The highest BCUT2D eigenvalue weighted by Gasteiger charge is 2.41. The zero-order valence-corrected chi connectivity index (χ0v) is 29.6. The molecule has 2 fully saturated rings. The van der Waals surface area contributed by atoms with Gasteiger partial charge in [0.2, 0.25) is 0 Å². The van der Waals surface area contributed by atoms with Gasteiger partial charge in [-0.1, -0.05) is 13.0 Å². The van der Waals surface area contributed by atoms with Crippen LogP contribution in [0.15, 0.2) is 42.5 Å². The summed E-state index contributed by atoms with van der Waals surface area (Å²) in [5.74, 6) is -0.820. The maximum Gasteiger partial charge on any atom is 0.321 e. The average Bonchev–Trinajstić information content (AvgIpc) is 3.69. The third-order valence-electron chi connectivity index (χ3n) is 10.5. The van der Waals surface area contributed by atoms with Crippen LogP contribution < -0.4 is 15.5 Å². The van der Waals surface area contributed by atoms with E-state index >= 15 is 4.39 Å². The monoisotopic (exact) mass is 672 g/mol. The number of carbonyl (C=O) groups is 3. The number of likely N-dealkylation sites (tertiary alicyclic amines) is 2. The average molecular weight is 673 g/mol. The van der Waals surface area contributed by atoms with Crippen molar-refractivity contribution >= 4 is 29.2 Å². The first-order chi connectivity index (χ1) is 23.3. The van der Waals surface area contributed by atoms with E-state index in [1.807, 2.05) is 42.8 Å². The van der Waals surface area contributed by atoms with Crippen molar-refractivity contribution in [2.45, 2.75) is 65.1 Å². The summed E-state index contributed by atoms with van der Waals surface area (Å²) in [6.07, 6.45) is 3.14. The van der Waals surface area contributed by atoms with Crippen molar-refractivity contribution in [3.8, 4) is 0 Å². The fraction of sp³-hybridized carbons (Fsp3) is 0.514. The number of fused-ring (bicyclic) bond motifs is 1. The topological polar surface area (TPSA) is 106 Å². The van der Waals surface area contributed by atoms with Crippen molar-refractivity contribution in [3.63, 3.8) is 0 Å². The molecular weight excluding hydrogens is 623 g/mol. The van der Waals surface area contributed by atoms with Gasteiger partial charge >= 0.3 is 6.03 Å². The molecule has 0 saturated carbocycles. The Morgan fingerprint density at radius 3 is 2.39 bits per heavy atom. The maximum absolute atomic E-state index is 15.2. The molecule has 0 bridgehead atoms. The molecule has 2 aromatic carbocycles. The van der Waals surface area contributed by atoms with E-state index in [1.54, 1.807) is 36.0 Å². The van der Waals surface area contributed by atoms with Gasteiger partial charge in [-0.05, 0) is 101 Å². The zero-order chi connectivity index (χ0) is 35.0. The van der Waals surface area contributed by atoms with E-state index in [9.17, 15) is 14.4 Å². The number of nitrogens with one attached hydrogen (secondary N) is 2. The zero-order valence-electron chi connectivity index (χ0n) is 29.6. The van der Waals surface area contributed by atoms with E-state index in [4.69, 9.17) is 5.10 Å². The molecule has 3 aromatic rings. The normalized spacial score (nSPS) is 18.9. The van der Waals surface area contributed by atoms with Crippen LogP contribution in [0.4, 0.5) is 20.6 Å². The molecule has 2 N–H and O–H groups in total. The van der Waals surface area contributed by atoms with Crippen molar-refractivity contribution in [3.05, 3.63) is 76.4 Å². The molecule has 1 aromatic heterocycles. The lowest BCUT2D eigenvalue weighted by molar-refractivity contribution is 0.0827. The number of amides is 4. The second kappa shape index (κ2) is 13.8. The summed E-state index contributed by atoms with van der Waals surface area (Å²) in [6.45, 7) is 11.0. The van der Waals surface area contributed by atoms with Crippen LogP contribution in [0.3, 0.4) is 0 Å². The smallest absolute Gasteiger partial charge is 0.321 e. The summed E-state index contributed by atoms with van der Waals surface area (Å²) in [5, 5.41) is 10.5. The summed E-state index contributed by atoms with van der Waals surface area (Å²) in [4.78, 5) is 47.0. The standard InChI is InChI=1S/C37H49FN8O3/c1-24(2)46-33-25(3)21-45(28-10-8-27(9-11-28)35(48)42(4)5)22-29(33)32(41-46)34(47)39-20-26-7-12-31(30(38)19-26)40-36(49)44-18-15-37(23-44)13-16-43(6)17-14-37/h7-12,19,24-25H,13-18,20-23H2,1-6H3,(H,39,47)(H,40,49)/t25-/m0/s1. The first-order valence-electron chi connectivity index (χ1n) is 17.3. The number of hydrogen-bond donors (Lipinski definition) is 2. The number of piperidine rings is 1. The molecule has 4 amide bonds. The molecule has 1 atom stereocenters. The Balaban J connectivity index is 1.11. The van der Waals surface area contributed by atoms with Gasteiger partial charge in [-0.3, -0.25) is 14.3 Å². The summed E-state index contributed by atoms with van der Waals surface area (Å²) in [6, 6.07) is 12.0. The fourth-order valence-electron chi connectivity index (χ4n) is 7.52. The van der Waals surface area contributed by atoms with Gasteiger partial charge in [0.05, 0.1) is 5.69 Å². The van der Waals surface area contributed by atoms with Gasteiger partial charge in [0.25, 0.3) is 11.8 Å². The van der Waals surface area contributed by atoms with Gasteiger partial charge in [-0.2, -0.15) is 5.10 Å². The molecule has 3 aliphatic heterocycles. The Morgan fingerprint density at radius 2 is 1.73 bits per heavy atom. The van der Waals surface area contributed by atoms with Crippen LogP contribution in [-0.4, -0.2) is 96.2 Å². The molecule has 0 unspecified atom stereocenters. The number of urea groups is 1. The first kappa shape index (κ1) is 34.4. The van der Waals surface area contributed by atoms with E-state index in [0.29, 0.717) is 36.5 Å². The molecule has 6 rings (SSSR count). The number of halogens is 1. The van der Waals surface area contributed by atoms with Crippen molar-refractivity contribution in [1.29, 1.82) is 0 Å². The number of hydrogen-bond acceptors (Lipinski definition) is 6. The molecule has 4 heterocycles. The molecule has 3 aliphatic rings. The highest BCUT2D eigenvalue weighted by atomic mass is 19.1. The van der Waals surface area contributed by atoms with Gasteiger partial charge < -0.3 is 30.2 Å². The van der Waals surface area contributed by atoms with E-state index in [0.717, 1.165) is 55.8 Å². The number of carbonyl (C=O) groups excluding carboxylic acids is 3. The lowest BCUT2D eigenvalue weighted by atomic mass is 9.78. The lowest BCUT2D eigenvalue weighted by Crippen LogP contribution is -2.41. The fourth-order valence-corrected chi connectivity index (χ4v) is 7.52. The van der Waals surface area contributed by atoms with Gasteiger partial charge in [0.1, 0.15) is 5.82 Å². The summed E-state index contributed by atoms with van der Waals surface area (Å²) in [7, 11) is 5.59. The minimum Gasteiger partial charge on any atom is -0.366 e. The number of nitrogens with zero attached hydrogens (tertiary/aromatic N) is 6. The third kappa shape index (κ3) is 7.15. The molecule has 2 saturated heterocycles. The van der Waals surface area contributed by atoms with E-state index in [-0.39, 0.29) is 47.5 Å². The van der Waals surface area contributed by atoms with Crippen molar-refractivity contribution in [1.82, 2.24) is 29.8 Å². The van der Waals surface area contributed by atoms with Crippen LogP contribution in [0, 0.1) is 11.2 Å². The van der Waals surface area contributed by atoms with Gasteiger partial charge in [-0.15, -0.1) is 0 Å². The van der Waals surface area contributed by atoms with Gasteiger partial charge in [0.15, 0.2) is 5.69 Å². The minimum atomic E-state index is -0.544.